The third-order valence-corrected chi connectivity index (χ3v) is 4.72. The molecular weight excluding hydrogens is 272 g/mol. The summed E-state index contributed by atoms with van der Waals surface area (Å²) in [4.78, 5) is 14.6. The summed E-state index contributed by atoms with van der Waals surface area (Å²) < 4.78 is 0. The molecule has 0 spiro atoms. The molecule has 22 heavy (non-hydrogen) atoms. The molecule has 1 aromatic carbocycles. The Morgan fingerprint density at radius 2 is 1.73 bits per heavy atom. The molecule has 2 rings (SSSR count). The van der Waals surface area contributed by atoms with E-state index in [-0.39, 0.29) is 11.9 Å². The summed E-state index contributed by atoms with van der Waals surface area (Å²) in [7, 11) is 0. The maximum absolute atomic E-state index is 12.3. The Kier molecular flexibility index (Phi) is 6.44. The summed E-state index contributed by atoms with van der Waals surface area (Å²) in [6.45, 7) is 8.96. The molecule has 0 aliphatic carbocycles. The average Bonchev–Trinajstić information content (AvgIpc) is 2.44. The van der Waals surface area contributed by atoms with Gasteiger partial charge in [-0.1, -0.05) is 37.5 Å². The number of nitrogens with one attached hydrogen (secondary N) is 1. The normalized spacial score (nSPS) is 18.3. The highest BCUT2D eigenvalue weighted by molar-refractivity contribution is 5.78. The van der Waals surface area contributed by atoms with Crippen LogP contribution in [0.3, 0.4) is 0 Å². The number of amides is 1. The lowest BCUT2D eigenvalue weighted by atomic mass is 10.0. The van der Waals surface area contributed by atoms with Crippen LogP contribution in [-0.2, 0) is 4.79 Å². The number of rotatable bonds is 4. The number of carbonyl (C=O) groups is 1. The minimum Gasteiger partial charge on any atom is -0.348 e. The first kappa shape index (κ1) is 17.0. The van der Waals surface area contributed by atoms with Gasteiger partial charge in [-0.15, -0.1) is 0 Å². The van der Waals surface area contributed by atoms with Crippen LogP contribution in [-0.4, -0.2) is 30.4 Å². The summed E-state index contributed by atoms with van der Waals surface area (Å²) in [5.74, 6) is 0.145. The number of benzene rings is 1. The largest absolute Gasteiger partial charge is 0.348 e. The van der Waals surface area contributed by atoms with E-state index < -0.39 is 0 Å². The fraction of sp³-hybridized carbons (Fsp3) is 0.632. The average molecular weight is 302 g/mol. The minimum atomic E-state index is 0.0709. The Labute approximate surface area is 135 Å². The van der Waals surface area contributed by atoms with E-state index in [1.165, 1.54) is 48.8 Å². The Balaban J connectivity index is 1.85. The molecule has 0 bridgehead atoms. The van der Waals surface area contributed by atoms with Gasteiger partial charge in [0.25, 0.3) is 0 Å². The molecule has 1 heterocycles. The fourth-order valence-corrected chi connectivity index (χ4v) is 3.08. The van der Waals surface area contributed by atoms with E-state index in [9.17, 15) is 4.79 Å². The van der Waals surface area contributed by atoms with E-state index in [2.05, 4.69) is 49.2 Å². The topological polar surface area (TPSA) is 32.3 Å². The maximum Gasteiger partial charge on any atom is 0.234 e. The molecule has 1 aromatic rings. The highest BCUT2D eigenvalue weighted by Gasteiger charge is 2.15. The van der Waals surface area contributed by atoms with Gasteiger partial charge in [-0.25, -0.2) is 0 Å². The van der Waals surface area contributed by atoms with Crippen molar-refractivity contribution in [3.63, 3.8) is 0 Å². The lowest BCUT2D eigenvalue weighted by Gasteiger charge is -2.25. The molecule has 122 valence electrons. The van der Waals surface area contributed by atoms with Crippen LogP contribution in [0.1, 0.15) is 61.8 Å². The van der Waals surface area contributed by atoms with E-state index in [0.717, 1.165) is 13.1 Å². The molecule has 0 saturated carbocycles. The molecule has 1 aliphatic rings. The number of hydrogen-bond acceptors (Lipinski definition) is 2. The molecule has 3 heteroatoms. The van der Waals surface area contributed by atoms with E-state index in [0.29, 0.717) is 6.54 Å². The first-order valence-corrected chi connectivity index (χ1v) is 8.65. The lowest BCUT2D eigenvalue weighted by molar-refractivity contribution is -0.123. The lowest BCUT2D eigenvalue weighted by Crippen LogP contribution is -2.39. The summed E-state index contributed by atoms with van der Waals surface area (Å²) >= 11 is 0. The van der Waals surface area contributed by atoms with Gasteiger partial charge in [0.2, 0.25) is 5.91 Å². The maximum atomic E-state index is 12.3. The van der Waals surface area contributed by atoms with Crippen molar-refractivity contribution in [2.45, 2.75) is 58.9 Å². The molecular formula is C19H30N2O. The van der Waals surface area contributed by atoms with Crippen molar-refractivity contribution in [1.29, 1.82) is 0 Å². The smallest absolute Gasteiger partial charge is 0.234 e. The Hall–Kier alpha value is -1.35. The van der Waals surface area contributed by atoms with Crippen molar-refractivity contribution in [3.8, 4) is 0 Å². The molecule has 1 aliphatic heterocycles. The Bertz CT molecular complexity index is 490. The van der Waals surface area contributed by atoms with E-state index in [4.69, 9.17) is 0 Å². The zero-order chi connectivity index (χ0) is 15.9. The summed E-state index contributed by atoms with van der Waals surface area (Å²) in [6, 6.07) is 6.49. The highest BCUT2D eigenvalue weighted by atomic mass is 16.2. The molecule has 1 N–H and O–H groups in total. The first-order chi connectivity index (χ1) is 10.6. The molecule has 1 fully saturated rings. The van der Waals surface area contributed by atoms with Crippen molar-refractivity contribution in [2.24, 2.45) is 0 Å². The molecule has 3 nitrogen and oxygen atoms in total. The summed E-state index contributed by atoms with van der Waals surface area (Å²) in [6.07, 6.45) is 6.40. The highest BCUT2D eigenvalue weighted by Crippen LogP contribution is 2.17. The van der Waals surface area contributed by atoms with Crippen LogP contribution < -0.4 is 5.32 Å². The third kappa shape index (κ3) is 5.13. The van der Waals surface area contributed by atoms with Crippen LogP contribution in [0.2, 0.25) is 0 Å². The predicted octanol–water partition coefficient (Wildman–Crippen LogP) is 3.75. The van der Waals surface area contributed by atoms with Gasteiger partial charge in [0.15, 0.2) is 0 Å². The molecule has 0 radical (unpaired) electrons. The van der Waals surface area contributed by atoms with Crippen molar-refractivity contribution in [1.82, 2.24) is 10.2 Å². The monoisotopic (exact) mass is 302 g/mol. The van der Waals surface area contributed by atoms with Gasteiger partial charge in [-0.05, 0) is 63.4 Å². The van der Waals surface area contributed by atoms with Gasteiger partial charge in [0.05, 0.1) is 12.6 Å². The third-order valence-electron chi connectivity index (χ3n) is 4.72. The molecule has 1 amide bonds. The Morgan fingerprint density at radius 1 is 1.09 bits per heavy atom. The van der Waals surface area contributed by atoms with Crippen LogP contribution in [0.25, 0.3) is 0 Å². The standard InChI is InChI=1S/C19H30N2O/c1-15-9-10-18(13-16(15)2)17(3)20-19(22)14-21-11-7-5-4-6-8-12-21/h9-10,13,17H,4-8,11-12,14H2,1-3H3,(H,20,22). The number of nitrogens with zero attached hydrogens (tertiary/aromatic N) is 1. The molecule has 1 atom stereocenters. The zero-order valence-electron chi connectivity index (χ0n) is 14.3. The first-order valence-electron chi connectivity index (χ1n) is 8.65. The van der Waals surface area contributed by atoms with Crippen LogP contribution in [0, 0.1) is 13.8 Å². The second-order valence-electron chi connectivity index (χ2n) is 6.68. The Morgan fingerprint density at radius 3 is 2.36 bits per heavy atom. The van der Waals surface area contributed by atoms with Crippen molar-refractivity contribution < 1.29 is 4.79 Å². The van der Waals surface area contributed by atoms with Gasteiger partial charge in [-0.3, -0.25) is 9.69 Å². The molecule has 1 saturated heterocycles. The van der Waals surface area contributed by atoms with Crippen molar-refractivity contribution in [2.75, 3.05) is 19.6 Å². The quantitative estimate of drug-likeness (QED) is 0.919. The number of aryl methyl sites for hydroxylation is 2. The van der Waals surface area contributed by atoms with Crippen molar-refractivity contribution in [3.05, 3.63) is 34.9 Å². The molecule has 0 aromatic heterocycles. The summed E-state index contributed by atoms with van der Waals surface area (Å²) in [5, 5.41) is 3.15. The molecule has 1 unspecified atom stereocenters. The second kappa shape index (κ2) is 8.33. The van der Waals surface area contributed by atoms with Crippen LogP contribution in [0.4, 0.5) is 0 Å². The number of hydrogen-bond donors (Lipinski definition) is 1. The number of carbonyl (C=O) groups excluding carboxylic acids is 1. The van der Waals surface area contributed by atoms with Gasteiger partial charge >= 0.3 is 0 Å². The van der Waals surface area contributed by atoms with E-state index in [1.54, 1.807) is 0 Å². The van der Waals surface area contributed by atoms with E-state index in [1.807, 2.05) is 0 Å². The van der Waals surface area contributed by atoms with Crippen LogP contribution in [0.15, 0.2) is 18.2 Å². The van der Waals surface area contributed by atoms with Gasteiger partial charge in [0.1, 0.15) is 0 Å². The van der Waals surface area contributed by atoms with Crippen molar-refractivity contribution >= 4 is 5.91 Å². The fourth-order valence-electron chi connectivity index (χ4n) is 3.08. The van der Waals surface area contributed by atoms with Crippen LogP contribution in [0.5, 0.6) is 0 Å². The predicted molar refractivity (Wildman–Crippen MR) is 92.0 cm³/mol. The number of likely N-dealkylation sites (tertiary alicyclic amines) is 1. The minimum absolute atomic E-state index is 0.0709. The zero-order valence-corrected chi connectivity index (χ0v) is 14.3. The van der Waals surface area contributed by atoms with Gasteiger partial charge in [-0.2, -0.15) is 0 Å². The van der Waals surface area contributed by atoms with Crippen LogP contribution >= 0.6 is 0 Å². The van der Waals surface area contributed by atoms with Gasteiger partial charge in [0, 0.05) is 0 Å². The van der Waals surface area contributed by atoms with E-state index >= 15 is 0 Å². The summed E-state index contributed by atoms with van der Waals surface area (Å²) in [5.41, 5.74) is 3.76. The second-order valence-corrected chi connectivity index (χ2v) is 6.68. The van der Waals surface area contributed by atoms with Gasteiger partial charge < -0.3 is 5.32 Å². The SMILES string of the molecule is Cc1ccc(C(C)NC(=O)CN2CCCCCCC2)cc1C.